The molecule has 2 rings (SSSR count). The summed E-state index contributed by atoms with van der Waals surface area (Å²) in [6, 6.07) is 7.48. The van der Waals surface area contributed by atoms with Crippen LogP contribution in [0.25, 0.3) is 0 Å². The van der Waals surface area contributed by atoms with E-state index in [1.165, 1.54) is 16.7 Å². The van der Waals surface area contributed by atoms with E-state index >= 15 is 0 Å². The number of hydrogen-bond acceptors (Lipinski definition) is 0. The molecule has 0 amide bonds. The zero-order chi connectivity index (χ0) is 34.3. The van der Waals surface area contributed by atoms with Crippen LogP contribution in [-0.4, -0.2) is 0 Å². The molecule has 0 nitrogen and oxygen atoms in total. The van der Waals surface area contributed by atoms with Gasteiger partial charge in [0.25, 0.3) is 0 Å². The Kier molecular flexibility index (Phi) is 9.42. The first-order chi connectivity index (χ1) is 18.6. The molecule has 0 radical (unpaired) electrons. The maximum atomic E-state index is 2.57. The van der Waals surface area contributed by atoms with Crippen molar-refractivity contribution in [2.75, 3.05) is 0 Å². The second-order valence-corrected chi connectivity index (χ2v) is 21.4. The molecule has 0 N–H and O–H groups in total. The van der Waals surface area contributed by atoms with Crippen molar-refractivity contribution in [1.82, 2.24) is 0 Å². The Balaban J connectivity index is 3.54. The van der Waals surface area contributed by atoms with Gasteiger partial charge in [-0.1, -0.05) is 177 Å². The van der Waals surface area contributed by atoms with Crippen LogP contribution in [0.5, 0.6) is 0 Å². The van der Waals surface area contributed by atoms with Crippen molar-refractivity contribution in [2.24, 2.45) is 0 Å². The lowest BCUT2D eigenvalue weighted by Crippen LogP contribution is -2.40. The quantitative estimate of drug-likeness (QED) is 0.327. The van der Waals surface area contributed by atoms with Crippen molar-refractivity contribution in [3.05, 3.63) is 68.3 Å². The van der Waals surface area contributed by atoms with Crippen molar-refractivity contribution in [2.45, 2.75) is 203 Å². The maximum Gasteiger partial charge on any atom is 0.0152 e. The molecule has 0 aromatic heterocycles. The summed E-state index contributed by atoms with van der Waals surface area (Å²) in [7, 11) is 0. The normalized spacial score (nSPS) is 14.9. The van der Waals surface area contributed by atoms with Crippen molar-refractivity contribution in [3.8, 4) is 0 Å². The lowest BCUT2D eigenvalue weighted by atomic mass is 9.55. The van der Waals surface area contributed by atoms with Crippen LogP contribution in [0.3, 0.4) is 0 Å². The third-order valence-corrected chi connectivity index (χ3v) is 9.23. The molecular formula is C43H72. The van der Waals surface area contributed by atoms with Crippen molar-refractivity contribution in [1.29, 1.82) is 0 Å². The van der Waals surface area contributed by atoms with E-state index in [0.29, 0.717) is 0 Å². The smallest absolute Gasteiger partial charge is 0.0152 e. The summed E-state index contributed by atoms with van der Waals surface area (Å²) in [6.45, 7) is 56.0. The predicted molar refractivity (Wildman–Crippen MR) is 196 cm³/mol. The number of hydrogen-bond donors (Lipinski definition) is 0. The van der Waals surface area contributed by atoms with E-state index in [0.717, 1.165) is 0 Å². The predicted octanol–water partition coefficient (Wildman–Crippen LogP) is 13.1. The molecule has 0 saturated carbocycles. The molecule has 0 heteroatoms. The molecule has 0 saturated heterocycles. The zero-order valence-corrected chi connectivity index (χ0v) is 33.2. The molecule has 0 unspecified atom stereocenters. The van der Waals surface area contributed by atoms with Gasteiger partial charge in [0.2, 0.25) is 0 Å². The van der Waals surface area contributed by atoms with Crippen LogP contribution in [0.15, 0.2) is 18.2 Å². The van der Waals surface area contributed by atoms with E-state index in [2.05, 4.69) is 177 Å². The summed E-state index contributed by atoms with van der Waals surface area (Å²) < 4.78 is 0. The van der Waals surface area contributed by atoms with Crippen molar-refractivity contribution in [3.63, 3.8) is 0 Å². The average Bonchev–Trinajstić information content (AvgIpc) is 2.72. The molecule has 0 bridgehead atoms. The molecule has 0 atom stereocenters. The maximum absolute atomic E-state index is 2.57. The minimum absolute atomic E-state index is 0.00165. The Labute approximate surface area is 270 Å². The fourth-order valence-electron chi connectivity index (χ4n) is 7.48. The summed E-state index contributed by atoms with van der Waals surface area (Å²) in [6.07, 6.45) is 0. The third kappa shape index (κ3) is 7.47. The molecule has 0 aliphatic heterocycles. The highest BCUT2D eigenvalue weighted by Crippen LogP contribution is 2.55. The molecule has 0 heterocycles. The summed E-state index contributed by atoms with van der Waals surface area (Å²) >= 11 is 0. The largest absolute Gasteiger partial charge is 0.0579 e. The van der Waals surface area contributed by atoms with E-state index in [4.69, 9.17) is 0 Å². The fourth-order valence-corrected chi connectivity index (χ4v) is 7.48. The van der Waals surface area contributed by atoms with Gasteiger partial charge in [-0.2, -0.15) is 0 Å². The van der Waals surface area contributed by atoms with Gasteiger partial charge in [0, 0.05) is 5.41 Å². The monoisotopic (exact) mass is 589 g/mol. The van der Waals surface area contributed by atoms with Gasteiger partial charge in [-0.15, -0.1) is 0 Å². The van der Waals surface area contributed by atoms with E-state index < -0.39 is 0 Å². The standard InChI is InChI=1S/C43H72/c1-36(2,3)28-25-24-27(26-29(28)37(4,5)6)43(22,23)35-33(41(16,17)18)31(39(10,11)12)30(38(7,8)9)32(40(13,14)15)34(35)42(19,20)21/h24-26H,1-23H3. The van der Waals surface area contributed by atoms with Gasteiger partial charge in [0.05, 0.1) is 0 Å². The molecule has 2 aromatic rings. The molecule has 2 aromatic carbocycles. The van der Waals surface area contributed by atoms with E-state index in [9.17, 15) is 0 Å². The van der Waals surface area contributed by atoms with Gasteiger partial charge >= 0.3 is 0 Å². The Morgan fingerprint density at radius 3 is 0.767 bits per heavy atom. The minimum atomic E-state index is -0.210. The van der Waals surface area contributed by atoms with Crippen LogP contribution in [0.1, 0.15) is 209 Å². The van der Waals surface area contributed by atoms with E-state index in [-0.39, 0.29) is 43.3 Å². The summed E-state index contributed by atoms with van der Waals surface area (Å²) in [4.78, 5) is 0. The van der Waals surface area contributed by atoms with Gasteiger partial charge in [0.15, 0.2) is 0 Å². The average molecular weight is 589 g/mol. The zero-order valence-electron chi connectivity index (χ0n) is 33.2. The Bertz CT molecular complexity index is 1270. The molecule has 0 aliphatic carbocycles. The van der Waals surface area contributed by atoms with Gasteiger partial charge in [-0.05, 0) is 88.0 Å². The highest BCUT2D eigenvalue weighted by Gasteiger charge is 2.46. The van der Waals surface area contributed by atoms with Crippen molar-refractivity contribution < 1.29 is 0 Å². The van der Waals surface area contributed by atoms with Crippen LogP contribution in [0.2, 0.25) is 0 Å². The molecule has 0 aliphatic rings. The minimum Gasteiger partial charge on any atom is -0.0579 e. The van der Waals surface area contributed by atoms with Crippen molar-refractivity contribution >= 4 is 0 Å². The SMILES string of the molecule is CC(C)(C)c1ccc(C(C)(C)c2c(C(C)(C)C)c(C(C)(C)C)c(C(C)(C)C)c(C(C)(C)C)c2C(C)(C)C)cc1C(C)(C)C. The molecule has 244 valence electrons. The summed E-state index contributed by atoms with van der Waals surface area (Å²) in [5.41, 5.74) is 13.6. The van der Waals surface area contributed by atoms with Gasteiger partial charge in [-0.25, -0.2) is 0 Å². The second kappa shape index (κ2) is 10.8. The summed E-state index contributed by atoms with van der Waals surface area (Å²) in [5, 5.41) is 0. The summed E-state index contributed by atoms with van der Waals surface area (Å²) in [5.74, 6) is 0. The number of benzene rings is 2. The number of rotatable bonds is 2. The lowest BCUT2D eigenvalue weighted by Gasteiger charge is -2.49. The van der Waals surface area contributed by atoms with Crippen LogP contribution in [0, 0.1) is 0 Å². The first-order valence-electron chi connectivity index (χ1n) is 17.0. The van der Waals surface area contributed by atoms with E-state index in [1.54, 1.807) is 33.4 Å². The van der Waals surface area contributed by atoms with Gasteiger partial charge in [-0.3, -0.25) is 0 Å². The Hall–Kier alpha value is -1.56. The highest BCUT2D eigenvalue weighted by molar-refractivity contribution is 5.66. The fraction of sp³-hybridized carbons (Fsp3) is 0.721. The molecular weight excluding hydrogens is 516 g/mol. The van der Waals surface area contributed by atoms with E-state index in [1.807, 2.05) is 0 Å². The highest BCUT2D eigenvalue weighted by atomic mass is 14.5. The third-order valence-electron chi connectivity index (χ3n) is 9.23. The lowest BCUT2D eigenvalue weighted by molar-refractivity contribution is 0.440. The molecule has 0 fully saturated rings. The first-order valence-corrected chi connectivity index (χ1v) is 17.0. The van der Waals surface area contributed by atoms with Crippen LogP contribution in [-0.2, 0) is 43.3 Å². The second-order valence-electron chi connectivity index (χ2n) is 21.4. The first kappa shape index (κ1) is 37.6. The Morgan fingerprint density at radius 1 is 0.279 bits per heavy atom. The van der Waals surface area contributed by atoms with Crippen LogP contribution in [0.4, 0.5) is 0 Å². The molecule has 43 heavy (non-hydrogen) atoms. The van der Waals surface area contributed by atoms with Crippen LogP contribution < -0.4 is 0 Å². The molecule has 0 spiro atoms. The van der Waals surface area contributed by atoms with Crippen LogP contribution >= 0.6 is 0 Å². The van der Waals surface area contributed by atoms with Gasteiger partial charge < -0.3 is 0 Å². The topological polar surface area (TPSA) is 0 Å². The van der Waals surface area contributed by atoms with Gasteiger partial charge in [0.1, 0.15) is 0 Å². The Morgan fingerprint density at radius 2 is 0.535 bits per heavy atom.